The molecule has 2 aliphatic rings. The summed E-state index contributed by atoms with van der Waals surface area (Å²) in [6.07, 6.45) is 3.79. The molecule has 21 heavy (non-hydrogen) atoms. The Labute approximate surface area is 127 Å². The van der Waals surface area contributed by atoms with Gasteiger partial charge in [0.15, 0.2) is 0 Å². The highest BCUT2D eigenvalue weighted by atomic mass is 16.2. The third-order valence-electron chi connectivity index (χ3n) is 4.93. The first-order valence-corrected chi connectivity index (χ1v) is 8.17. The summed E-state index contributed by atoms with van der Waals surface area (Å²) in [4.78, 5) is 28.9. The van der Waals surface area contributed by atoms with Crippen molar-refractivity contribution in [3.63, 3.8) is 0 Å². The zero-order valence-corrected chi connectivity index (χ0v) is 13.6. The van der Waals surface area contributed by atoms with E-state index in [-0.39, 0.29) is 29.2 Å². The fourth-order valence-corrected chi connectivity index (χ4v) is 3.37. The second kappa shape index (κ2) is 6.34. The first-order valence-electron chi connectivity index (χ1n) is 8.17. The molecule has 0 spiro atoms. The minimum atomic E-state index is -0.256. The number of amides is 2. The Morgan fingerprint density at radius 3 is 2.57 bits per heavy atom. The van der Waals surface area contributed by atoms with Crippen molar-refractivity contribution in [1.29, 1.82) is 0 Å². The normalized spacial score (nSPS) is 30.0. The van der Waals surface area contributed by atoms with Gasteiger partial charge in [-0.1, -0.05) is 20.8 Å². The lowest BCUT2D eigenvalue weighted by molar-refractivity contribution is -0.149. The van der Waals surface area contributed by atoms with Gasteiger partial charge in [-0.05, 0) is 37.6 Å². The predicted molar refractivity (Wildman–Crippen MR) is 82.5 cm³/mol. The van der Waals surface area contributed by atoms with Crippen LogP contribution in [0, 0.1) is 11.3 Å². The van der Waals surface area contributed by atoms with Crippen molar-refractivity contribution in [3.05, 3.63) is 0 Å². The minimum absolute atomic E-state index is 0.0389. The molecule has 2 amide bonds. The number of nitrogens with zero attached hydrogens (tertiary/aromatic N) is 2. The first kappa shape index (κ1) is 16.3. The number of piperidine rings is 1. The van der Waals surface area contributed by atoms with E-state index < -0.39 is 0 Å². The average molecular weight is 295 g/mol. The van der Waals surface area contributed by atoms with E-state index >= 15 is 0 Å². The number of carbonyl (C=O) groups is 2. The highest BCUT2D eigenvalue weighted by Crippen LogP contribution is 2.30. The lowest BCUT2D eigenvalue weighted by atomic mass is 9.90. The van der Waals surface area contributed by atoms with E-state index in [2.05, 4.69) is 6.92 Å². The van der Waals surface area contributed by atoms with E-state index in [0.29, 0.717) is 6.54 Å². The molecule has 2 heterocycles. The number of hydrogen-bond acceptors (Lipinski definition) is 3. The second-order valence-corrected chi connectivity index (χ2v) is 7.22. The van der Waals surface area contributed by atoms with Gasteiger partial charge in [-0.2, -0.15) is 0 Å². The minimum Gasteiger partial charge on any atom is -0.340 e. The van der Waals surface area contributed by atoms with Gasteiger partial charge in [0.2, 0.25) is 11.8 Å². The average Bonchev–Trinajstić information content (AvgIpc) is 2.89. The van der Waals surface area contributed by atoms with Gasteiger partial charge in [-0.25, -0.2) is 0 Å². The lowest BCUT2D eigenvalue weighted by Gasteiger charge is -2.38. The topological polar surface area (TPSA) is 66.6 Å². The molecule has 120 valence electrons. The van der Waals surface area contributed by atoms with Gasteiger partial charge < -0.3 is 15.5 Å². The Balaban J connectivity index is 2.07. The van der Waals surface area contributed by atoms with Crippen LogP contribution in [0.2, 0.25) is 0 Å². The van der Waals surface area contributed by atoms with Crippen molar-refractivity contribution in [2.24, 2.45) is 17.1 Å². The number of carbonyl (C=O) groups excluding carboxylic acids is 2. The molecule has 0 bridgehead atoms. The van der Waals surface area contributed by atoms with Crippen LogP contribution in [0.15, 0.2) is 0 Å². The summed E-state index contributed by atoms with van der Waals surface area (Å²) in [6.45, 7) is 8.76. The summed E-state index contributed by atoms with van der Waals surface area (Å²) in [6, 6.07) is -0.256. The van der Waals surface area contributed by atoms with Gasteiger partial charge in [0.05, 0.1) is 0 Å². The van der Waals surface area contributed by atoms with Crippen molar-refractivity contribution >= 4 is 11.8 Å². The molecule has 0 aromatic heterocycles. The van der Waals surface area contributed by atoms with Crippen molar-refractivity contribution in [2.75, 3.05) is 26.2 Å². The zero-order chi connectivity index (χ0) is 15.6. The summed E-state index contributed by atoms with van der Waals surface area (Å²) in [5.41, 5.74) is 5.86. The monoisotopic (exact) mass is 295 g/mol. The fourth-order valence-electron chi connectivity index (χ4n) is 3.37. The summed E-state index contributed by atoms with van der Waals surface area (Å²) in [7, 11) is 0. The molecule has 0 radical (unpaired) electrons. The molecule has 2 rings (SSSR count). The molecule has 2 unspecified atom stereocenters. The molecule has 5 nitrogen and oxygen atoms in total. The summed E-state index contributed by atoms with van der Waals surface area (Å²) in [5.74, 6) is 0.181. The third-order valence-corrected chi connectivity index (χ3v) is 4.93. The van der Waals surface area contributed by atoms with Crippen LogP contribution < -0.4 is 5.73 Å². The lowest BCUT2D eigenvalue weighted by Crippen LogP contribution is -2.54. The molecule has 0 aromatic carbocycles. The van der Waals surface area contributed by atoms with Crippen LogP contribution in [0.3, 0.4) is 0 Å². The molecule has 2 fully saturated rings. The maximum Gasteiger partial charge on any atom is 0.245 e. The Bertz CT molecular complexity index is 410. The van der Waals surface area contributed by atoms with Gasteiger partial charge in [-0.15, -0.1) is 0 Å². The van der Waals surface area contributed by atoms with E-state index in [0.717, 1.165) is 45.3 Å². The molecule has 2 aliphatic heterocycles. The van der Waals surface area contributed by atoms with E-state index in [1.807, 2.05) is 23.6 Å². The van der Waals surface area contributed by atoms with E-state index in [1.54, 1.807) is 0 Å². The van der Waals surface area contributed by atoms with Gasteiger partial charge >= 0.3 is 0 Å². The molecular weight excluding hydrogens is 266 g/mol. The van der Waals surface area contributed by atoms with Crippen molar-refractivity contribution in [3.8, 4) is 0 Å². The highest BCUT2D eigenvalue weighted by Gasteiger charge is 2.40. The number of nitrogens with two attached hydrogens (primary N) is 1. The number of hydrogen-bond donors (Lipinski definition) is 1. The maximum atomic E-state index is 12.8. The highest BCUT2D eigenvalue weighted by molar-refractivity contribution is 5.88. The van der Waals surface area contributed by atoms with Crippen LogP contribution >= 0.6 is 0 Å². The molecule has 2 saturated heterocycles. The van der Waals surface area contributed by atoms with Gasteiger partial charge in [0, 0.05) is 25.6 Å². The van der Waals surface area contributed by atoms with E-state index in [4.69, 9.17) is 5.73 Å². The maximum absolute atomic E-state index is 12.8. The van der Waals surface area contributed by atoms with Gasteiger partial charge in [0.1, 0.15) is 6.04 Å². The molecule has 2 N–H and O–H groups in total. The van der Waals surface area contributed by atoms with Crippen LogP contribution in [-0.2, 0) is 9.59 Å². The summed E-state index contributed by atoms with van der Waals surface area (Å²) < 4.78 is 0. The Kier molecular flexibility index (Phi) is 4.91. The molecule has 0 saturated carbocycles. The van der Waals surface area contributed by atoms with Crippen LogP contribution in [-0.4, -0.2) is 53.8 Å². The van der Waals surface area contributed by atoms with Crippen LogP contribution in [0.4, 0.5) is 0 Å². The zero-order valence-electron chi connectivity index (χ0n) is 13.6. The number of rotatable bonds is 3. The summed E-state index contributed by atoms with van der Waals surface area (Å²) in [5, 5.41) is 0. The smallest absolute Gasteiger partial charge is 0.245 e. The molecule has 0 aromatic rings. The van der Waals surface area contributed by atoms with Crippen LogP contribution in [0.5, 0.6) is 0 Å². The largest absolute Gasteiger partial charge is 0.340 e. The van der Waals surface area contributed by atoms with E-state index in [1.165, 1.54) is 0 Å². The Hall–Kier alpha value is -1.10. The van der Waals surface area contributed by atoms with Crippen molar-refractivity contribution in [2.45, 2.75) is 52.5 Å². The second-order valence-electron chi connectivity index (χ2n) is 7.22. The Morgan fingerprint density at radius 1 is 1.29 bits per heavy atom. The van der Waals surface area contributed by atoms with Crippen LogP contribution in [0.25, 0.3) is 0 Å². The quantitative estimate of drug-likeness (QED) is 0.851. The SMILES string of the molecule is CC(C)C(=O)N1CCCCC1C(=O)N1CCC(C)(CN)C1. The van der Waals surface area contributed by atoms with Crippen molar-refractivity contribution in [1.82, 2.24) is 9.80 Å². The molecule has 0 aliphatic carbocycles. The van der Waals surface area contributed by atoms with Gasteiger partial charge in [-0.3, -0.25) is 9.59 Å². The van der Waals surface area contributed by atoms with Gasteiger partial charge in [0.25, 0.3) is 0 Å². The number of likely N-dealkylation sites (tertiary alicyclic amines) is 2. The van der Waals surface area contributed by atoms with Crippen LogP contribution in [0.1, 0.15) is 46.5 Å². The molecule has 2 atom stereocenters. The predicted octanol–water partition coefficient (Wildman–Crippen LogP) is 1.22. The van der Waals surface area contributed by atoms with E-state index in [9.17, 15) is 9.59 Å². The standard InChI is InChI=1S/C16H29N3O2/c1-12(2)14(20)19-8-5-4-6-13(19)15(21)18-9-7-16(3,10-17)11-18/h12-13H,4-11,17H2,1-3H3. The Morgan fingerprint density at radius 2 is 2.00 bits per heavy atom. The fraction of sp³-hybridized carbons (Fsp3) is 0.875. The first-order chi connectivity index (χ1) is 9.88. The molecule has 5 heteroatoms. The summed E-state index contributed by atoms with van der Waals surface area (Å²) >= 11 is 0. The molecular formula is C16H29N3O2. The van der Waals surface area contributed by atoms with Crippen molar-refractivity contribution < 1.29 is 9.59 Å². The third kappa shape index (κ3) is 3.39.